The second kappa shape index (κ2) is 10.1. The van der Waals surface area contributed by atoms with E-state index < -0.39 is 10.0 Å². The van der Waals surface area contributed by atoms with Gasteiger partial charge in [0, 0.05) is 25.0 Å². The number of allylic oxidation sites excluding steroid dienone is 1. The van der Waals surface area contributed by atoms with E-state index in [1.165, 1.54) is 15.6 Å². The lowest BCUT2D eigenvalue weighted by atomic mass is 10.2. The minimum atomic E-state index is -3.48. The molecule has 0 saturated heterocycles. The average molecular weight is 458 g/mol. The number of aromatic nitrogens is 1. The van der Waals surface area contributed by atoms with Gasteiger partial charge in [-0.2, -0.15) is 4.31 Å². The second-order valence-corrected chi connectivity index (χ2v) is 9.50. The van der Waals surface area contributed by atoms with Crippen LogP contribution in [0.5, 0.6) is 5.75 Å². The van der Waals surface area contributed by atoms with Crippen molar-refractivity contribution in [2.75, 3.05) is 20.2 Å². The van der Waals surface area contributed by atoms with E-state index in [2.05, 4.69) is 11.1 Å². The molecular formula is C23H27N3O3S2. The zero-order chi connectivity index (χ0) is 22.4. The lowest BCUT2D eigenvalue weighted by Crippen LogP contribution is -2.30. The topological polar surface area (TPSA) is 63.9 Å². The van der Waals surface area contributed by atoms with Gasteiger partial charge in [-0.1, -0.05) is 32.1 Å². The molecule has 1 aromatic heterocycles. The van der Waals surface area contributed by atoms with Crippen molar-refractivity contribution < 1.29 is 13.2 Å². The van der Waals surface area contributed by atoms with Gasteiger partial charge in [-0.3, -0.25) is 0 Å². The molecule has 164 valence electrons. The van der Waals surface area contributed by atoms with Crippen LogP contribution in [-0.4, -0.2) is 37.5 Å². The molecule has 0 aliphatic rings. The standard InChI is InChI=1S/C23H27N3O3S2/c1-5-16-26-22(17-30-23(26)24-19-10-12-20(29-4)13-11-19)18-8-14-21(15-9-18)31(27,28)25(6-2)7-3/h5,8-15,17H,1,6-7,16H2,2-4H3. The highest BCUT2D eigenvalue weighted by atomic mass is 32.2. The van der Waals surface area contributed by atoms with Gasteiger partial charge in [0.05, 0.1) is 23.4 Å². The molecule has 0 fully saturated rings. The molecule has 0 atom stereocenters. The first kappa shape index (κ1) is 23.0. The van der Waals surface area contributed by atoms with Crippen molar-refractivity contribution in [1.82, 2.24) is 8.87 Å². The van der Waals surface area contributed by atoms with Crippen molar-refractivity contribution in [3.05, 3.63) is 71.4 Å². The Balaban J connectivity index is 1.99. The first-order valence-electron chi connectivity index (χ1n) is 10.0. The summed E-state index contributed by atoms with van der Waals surface area (Å²) in [5.74, 6) is 0.782. The van der Waals surface area contributed by atoms with Gasteiger partial charge in [-0.15, -0.1) is 17.9 Å². The van der Waals surface area contributed by atoms with Gasteiger partial charge in [-0.05, 0) is 42.0 Å². The van der Waals surface area contributed by atoms with Gasteiger partial charge in [0.2, 0.25) is 10.0 Å². The predicted octanol–water partition coefficient (Wildman–Crippen LogP) is 4.67. The monoisotopic (exact) mass is 457 g/mol. The molecule has 8 heteroatoms. The molecule has 0 radical (unpaired) electrons. The molecule has 3 aromatic rings. The molecule has 0 saturated carbocycles. The molecule has 0 N–H and O–H groups in total. The molecular weight excluding hydrogens is 430 g/mol. The van der Waals surface area contributed by atoms with E-state index >= 15 is 0 Å². The number of ether oxygens (including phenoxy) is 1. The van der Waals surface area contributed by atoms with Crippen LogP contribution >= 0.6 is 11.3 Å². The normalized spacial score (nSPS) is 12.3. The van der Waals surface area contributed by atoms with E-state index in [0.717, 1.165) is 27.5 Å². The van der Waals surface area contributed by atoms with Gasteiger partial charge in [0.1, 0.15) is 5.75 Å². The van der Waals surface area contributed by atoms with Crippen LogP contribution in [0.25, 0.3) is 11.3 Å². The zero-order valence-electron chi connectivity index (χ0n) is 18.0. The van der Waals surface area contributed by atoms with Crippen molar-refractivity contribution in [3.63, 3.8) is 0 Å². The van der Waals surface area contributed by atoms with Crippen LogP contribution in [0.2, 0.25) is 0 Å². The van der Waals surface area contributed by atoms with Crippen LogP contribution in [0.1, 0.15) is 13.8 Å². The number of benzene rings is 2. The van der Waals surface area contributed by atoms with Crippen LogP contribution < -0.4 is 9.54 Å². The minimum Gasteiger partial charge on any atom is -0.497 e. The number of hydrogen-bond acceptors (Lipinski definition) is 5. The van der Waals surface area contributed by atoms with Crippen molar-refractivity contribution in [3.8, 4) is 17.0 Å². The third-order valence-corrected chi connectivity index (χ3v) is 7.83. The molecule has 6 nitrogen and oxygen atoms in total. The highest BCUT2D eigenvalue weighted by Gasteiger charge is 2.21. The summed E-state index contributed by atoms with van der Waals surface area (Å²) in [6.45, 7) is 9.03. The molecule has 3 rings (SSSR count). The molecule has 0 bridgehead atoms. The Labute approximate surface area is 187 Å². The number of thiazole rings is 1. The van der Waals surface area contributed by atoms with Crippen LogP contribution in [0, 0.1) is 0 Å². The van der Waals surface area contributed by atoms with Crippen LogP contribution in [0.15, 0.2) is 76.5 Å². The van der Waals surface area contributed by atoms with Crippen LogP contribution in [0.3, 0.4) is 0 Å². The van der Waals surface area contributed by atoms with Gasteiger partial charge in [-0.25, -0.2) is 13.4 Å². The summed E-state index contributed by atoms with van der Waals surface area (Å²) >= 11 is 1.53. The highest BCUT2D eigenvalue weighted by molar-refractivity contribution is 7.89. The average Bonchev–Trinajstić information content (AvgIpc) is 3.17. The molecule has 0 aliphatic carbocycles. The summed E-state index contributed by atoms with van der Waals surface area (Å²) in [5, 5.41) is 2.03. The molecule has 1 heterocycles. The number of sulfonamides is 1. The SMILES string of the molecule is C=CCn1c(-c2ccc(S(=O)(=O)N(CC)CC)cc2)csc1=Nc1ccc(OC)cc1. The third-order valence-electron chi connectivity index (χ3n) is 4.90. The van der Waals surface area contributed by atoms with E-state index in [4.69, 9.17) is 9.73 Å². The predicted molar refractivity (Wildman–Crippen MR) is 126 cm³/mol. The molecule has 2 aromatic carbocycles. The van der Waals surface area contributed by atoms with Crippen LogP contribution in [0.4, 0.5) is 5.69 Å². The van der Waals surface area contributed by atoms with Gasteiger partial charge in [0.25, 0.3) is 0 Å². The Kier molecular flexibility index (Phi) is 7.48. The zero-order valence-corrected chi connectivity index (χ0v) is 19.6. The fraction of sp³-hybridized carbons (Fsp3) is 0.261. The Morgan fingerprint density at radius 3 is 2.29 bits per heavy atom. The Bertz CT molecular complexity index is 1190. The van der Waals surface area contributed by atoms with E-state index in [0.29, 0.717) is 24.5 Å². The molecule has 31 heavy (non-hydrogen) atoms. The smallest absolute Gasteiger partial charge is 0.243 e. The number of rotatable bonds is 9. The maximum atomic E-state index is 12.8. The van der Waals surface area contributed by atoms with Crippen molar-refractivity contribution in [2.24, 2.45) is 4.99 Å². The Morgan fingerprint density at radius 1 is 1.10 bits per heavy atom. The minimum absolute atomic E-state index is 0.300. The van der Waals surface area contributed by atoms with E-state index in [1.807, 2.05) is 61.7 Å². The van der Waals surface area contributed by atoms with E-state index in [1.54, 1.807) is 19.2 Å². The summed E-state index contributed by atoms with van der Waals surface area (Å²) in [6.07, 6.45) is 1.82. The molecule has 0 spiro atoms. The summed E-state index contributed by atoms with van der Waals surface area (Å²) in [7, 11) is -1.84. The van der Waals surface area contributed by atoms with Crippen molar-refractivity contribution in [2.45, 2.75) is 25.3 Å². The molecule has 0 aliphatic heterocycles. The first-order valence-corrected chi connectivity index (χ1v) is 12.3. The van der Waals surface area contributed by atoms with E-state index in [9.17, 15) is 8.42 Å². The summed E-state index contributed by atoms with van der Waals surface area (Å²) in [5.41, 5.74) is 2.71. The number of hydrogen-bond donors (Lipinski definition) is 0. The van der Waals surface area contributed by atoms with E-state index in [-0.39, 0.29) is 0 Å². The molecule has 0 amide bonds. The van der Waals surface area contributed by atoms with Crippen molar-refractivity contribution in [1.29, 1.82) is 0 Å². The molecule has 0 unspecified atom stereocenters. The van der Waals surface area contributed by atoms with Gasteiger partial charge < -0.3 is 9.30 Å². The number of nitrogens with zero attached hydrogens (tertiary/aromatic N) is 3. The van der Waals surface area contributed by atoms with Gasteiger partial charge >= 0.3 is 0 Å². The summed E-state index contributed by atoms with van der Waals surface area (Å²) in [4.78, 5) is 5.89. The quantitative estimate of drug-likeness (QED) is 0.439. The van der Waals surface area contributed by atoms with Crippen LogP contribution in [-0.2, 0) is 16.6 Å². The van der Waals surface area contributed by atoms with Gasteiger partial charge in [0.15, 0.2) is 4.80 Å². The third kappa shape index (κ3) is 4.98. The second-order valence-electron chi connectivity index (χ2n) is 6.73. The Hall–Kier alpha value is -2.68. The lowest BCUT2D eigenvalue weighted by Gasteiger charge is -2.18. The summed E-state index contributed by atoms with van der Waals surface area (Å²) in [6, 6.07) is 14.6. The highest BCUT2D eigenvalue weighted by Crippen LogP contribution is 2.24. The summed E-state index contributed by atoms with van der Waals surface area (Å²) < 4.78 is 34.2. The largest absolute Gasteiger partial charge is 0.497 e. The van der Waals surface area contributed by atoms with Crippen molar-refractivity contribution >= 4 is 27.0 Å². The fourth-order valence-corrected chi connectivity index (χ4v) is 5.63. The number of methoxy groups -OCH3 is 1. The fourth-order valence-electron chi connectivity index (χ4n) is 3.23. The lowest BCUT2D eigenvalue weighted by molar-refractivity contribution is 0.415. The Morgan fingerprint density at radius 2 is 1.74 bits per heavy atom. The first-order chi connectivity index (χ1) is 14.9. The maximum Gasteiger partial charge on any atom is 0.243 e. The maximum absolute atomic E-state index is 12.8.